The van der Waals surface area contributed by atoms with Crippen molar-refractivity contribution >= 4 is 5.78 Å². The maximum Gasteiger partial charge on any atom is 0.138 e. The summed E-state index contributed by atoms with van der Waals surface area (Å²) in [6, 6.07) is 10.6. The van der Waals surface area contributed by atoms with Crippen LogP contribution in [-0.2, 0) is 30.1 Å². The van der Waals surface area contributed by atoms with E-state index in [1.807, 2.05) is 0 Å². The largest absolute Gasteiger partial charge is 0.299 e. The molecule has 3 heteroatoms. The van der Waals surface area contributed by atoms with E-state index in [0.29, 0.717) is 18.1 Å². The summed E-state index contributed by atoms with van der Waals surface area (Å²) in [6.45, 7) is 6.65. The summed E-state index contributed by atoms with van der Waals surface area (Å²) in [7, 11) is 2.08. The van der Waals surface area contributed by atoms with Gasteiger partial charge in [-0.1, -0.05) is 51.1 Å². The second kappa shape index (κ2) is 5.55. The maximum absolute atomic E-state index is 12.5. The topological polar surface area (TPSA) is 34.9 Å². The molecule has 2 aliphatic rings. The SMILES string of the molecule is Cn1nc2c(c1Cc1ccccc1)CC[C@H]1C(C)(C)C(=O)CC[C@]21C. The van der Waals surface area contributed by atoms with Gasteiger partial charge in [-0.05, 0) is 36.3 Å². The Hall–Kier alpha value is -1.90. The van der Waals surface area contributed by atoms with Crippen LogP contribution in [0.25, 0.3) is 0 Å². The van der Waals surface area contributed by atoms with E-state index < -0.39 is 0 Å². The number of rotatable bonds is 2. The predicted molar refractivity (Wildman–Crippen MR) is 99.6 cm³/mol. The van der Waals surface area contributed by atoms with E-state index in [1.165, 1.54) is 22.5 Å². The van der Waals surface area contributed by atoms with Crippen molar-refractivity contribution in [3.63, 3.8) is 0 Å². The van der Waals surface area contributed by atoms with Crippen molar-refractivity contribution in [1.29, 1.82) is 0 Å². The summed E-state index contributed by atoms with van der Waals surface area (Å²) >= 11 is 0. The summed E-state index contributed by atoms with van der Waals surface area (Å²) < 4.78 is 2.09. The Kier molecular flexibility index (Phi) is 3.68. The molecule has 1 heterocycles. The van der Waals surface area contributed by atoms with Gasteiger partial charge in [0.25, 0.3) is 0 Å². The molecular formula is C22H28N2O. The van der Waals surface area contributed by atoms with E-state index in [2.05, 4.69) is 62.8 Å². The van der Waals surface area contributed by atoms with Gasteiger partial charge in [0.05, 0.1) is 5.69 Å². The van der Waals surface area contributed by atoms with Crippen LogP contribution in [0.3, 0.4) is 0 Å². The minimum Gasteiger partial charge on any atom is -0.299 e. The predicted octanol–water partition coefficient (Wildman–Crippen LogP) is 4.22. The molecule has 1 fully saturated rings. The Morgan fingerprint density at radius 3 is 2.60 bits per heavy atom. The molecule has 0 saturated heterocycles. The number of aryl methyl sites for hydroxylation is 1. The fraction of sp³-hybridized carbons (Fsp3) is 0.545. The summed E-state index contributed by atoms with van der Waals surface area (Å²) in [5.41, 5.74) is 5.17. The minimum absolute atomic E-state index is 0.0255. The van der Waals surface area contributed by atoms with Gasteiger partial charge >= 0.3 is 0 Å². The van der Waals surface area contributed by atoms with E-state index in [-0.39, 0.29) is 10.8 Å². The van der Waals surface area contributed by atoms with E-state index in [4.69, 9.17) is 5.10 Å². The number of ketones is 1. The number of nitrogens with zero attached hydrogens (tertiary/aromatic N) is 2. The van der Waals surface area contributed by atoms with Gasteiger partial charge in [-0.25, -0.2) is 0 Å². The third kappa shape index (κ3) is 2.39. The van der Waals surface area contributed by atoms with Gasteiger partial charge in [0.2, 0.25) is 0 Å². The van der Waals surface area contributed by atoms with E-state index in [9.17, 15) is 4.79 Å². The average Bonchev–Trinajstić information content (AvgIpc) is 2.90. The molecule has 0 unspecified atom stereocenters. The third-order valence-electron chi connectivity index (χ3n) is 6.94. The number of hydrogen-bond acceptors (Lipinski definition) is 2. The fourth-order valence-electron chi connectivity index (χ4n) is 5.45. The van der Waals surface area contributed by atoms with Crippen molar-refractivity contribution in [3.05, 3.63) is 52.8 Å². The smallest absolute Gasteiger partial charge is 0.138 e. The van der Waals surface area contributed by atoms with Crippen LogP contribution in [0.1, 0.15) is 62.5 Å². The second-order valence-electron chi connectivity index (χ2n) is 8.71. The van der Waals surface area contributed by atoms with Crippen LogP contribution in [-0.4, -0.2) is 15.6 Å². The number of Topliss-reactive ketones (excluding diaryl/α,β-unsaturated/α-hetero) is 1. The molecule has 0 bridgehead atoms. The first-order valence-corrected chi connectivity index (χ1v) is 9.46. The summed E-state index contributed by atoms with van der Waals surface area (Å²) in [4.78, 5) is 12.5. The van der Waals surface area contributed by atoms with Crippen LogP contribution in [0.2, 0.25) is 0 Å². The Labute approximate surface area is 150 Å². The maximum atomic E-state index is 12.5. The molecule has 132 valence electrons. The van der Waals surface area contributed by atoms with Crippen molar-refractivity contribution in [2.75, 3.05) is 0 Å². The van der Waals surface area contributed by atoms with E-state index in [1.54, 1.807) is 0 Å². The molecule has 1 saturated carbocycles. The zero-order valence-electron chi connectivity index (χ0n) is 15.8. The molecule has 0 spiro atoms. The van der Waals surface area contributed by atoms with Crippen LogP contribution >= 0.6 is 0 Å². The van der Waals surface area contributed by atoms with Gasteiger partial charge in [-0.3, -0.25) is 9.48 Å². The second-order valence-corrected chi connectivity index (χ2v) is 8.71. The average molecular weight is 336 g/mol. The first-order chi connectivity index (χ1) is 11.8. The number of aromatic nitrogens is 2. The third-order valence-corrected chi connectivity index (χ3v) is 6.94. The molecular weight excluding hydrogens is 308 g/mol. The lowest BCUT2D eigenvalue weighted by Crippen LogP contribution is -2.52. The Morgan fingerprint density at radius 1 is 1.16 bits per heavy atom. The Bertz CT molecular complexity index is 818. The van der Waals surface area contributed by atoms with Crippen molar-refractivity contribution in [3.8, 4) is 0 Å². The molecule has 2 aliphatic carbocycles. The zero-order chi connectivity index (χ0) is 17.8. The van der Waals surface area contributed by atoms with Gasteiger partial charge in [-0.15, -0.1) is 0 Å². The highest BCUT2D eigenvalue weighted by molar-refractivity contribution is 5.86. The zero-order valence-corrected chi connectivity index (χ0v) is 15.8. The van der Waals surface area contributed by atoms with Crippen molar-refractivity contribution in [1.82, 2.24) is 9.78 Å². The first kappa shape index (κ1) is 16.6. The summed E-state index contributed by atoms with van der Waals surface area (Å²) in [6.07, 6.45) is 4.69. The van der Waals surface area contributed by atoms with Crippen LogP contribution in [0, 0.1) is 11.3 Å². The number of carbonyl (C=O) groups is 1. The van der Waals surface area contributed by atoms with Gasteiger partial charge in [0.15, 0.2) is 0 Å². The lowest BCUT2D eigenvalue weighted by Gasteiger charge is -2.51. The van der Waals surface area contributed by atoms with Gasteiger partial charge in [0.1, 0.15) is 5.78 Å². The molecule has 2 atom stereocenters. The number of carbonyl (C=O) groups excluding carboxylic acids is 1. The lowest BCUT2D eigenvalue weighted by atomic mass is 9.51. The quantitative estimate of drug-likeness (QED) is 0.823. The standard InChI is InChI=1S/C22H28N2O/c1-21(2)18-11-10-16-17(14-15-8-6-5-7-9-15)24(4)23-20(16)22(18,3)13-12-19(21)25/h5-9,18H,10-14H2,1-4H3/t18-,22-/m0/s1. The fourth-order valence-corrected chi connectivity index (χ4v) is 5.45. The Morgan fingerprint density at radius 2 is 1.88 bits per heavy atom. The normalized spacial score (nSPS) is 27.7. The first-order valence-electron chi connectivity index (χ1n) is 9.46. The number of benzene rings is 1. The van der Waals surface area contributed by atoms with Crippen LogP contribution in [0.4, 0.5) is 0 Å². The lowest BCUT2D eigenvalue weighted by molar-refractivity contribution is -0.137. The summed E-state index contributed by atoms with van der Waals surface area (Å²) in [5.74, 6) is 0.826. The molecule has 25 heavy (non-hydrogen) atoms. The molecule has 1 aromatic carbocycles. The van der Waals surface area contributed by atoms with Crippen molar-refractivity contribution < 1.29 is 4.79 Å². The van der Waals surface area contributed by atoms with Gasteiger partial charge < -0.3 is 0 Å². The molecule has 0 amide bonds. The monoisotopic (exact) mass is 336 g/mol. The molecule has 0 N–H and O–H groups in total. The van der Waals surface area contributed by atoms with Gasteiger partial charge in [-0.2, -0.15) is 5.10 Å². The van der Waals surface area contributed by atoms with E-state index in [0.717, 1.165) is 25.7 Å². The number of fused-ring (bicyclic) bond motifs is 3. The van der Waals surface area contributed by atoms with Crippen LogP contribution < -0.4 is 0 Å². The highest BCUT2D eigenvalue weighted by Crippen LogP contribution is 2.55. The molecule has 4 rings (SSSR count). The number of hydrogen-bond donors (Lipinski definition) is 0. The molecule has 0 aliphatic heterocycles. The minimum atomic E-state index is -0.234. The highest BCUT2D eigenvalue weighted by Gasteiger charge is 2.55. The Balaban J connectivity index is 1.77. The molecule has 3 nitrogen and oxygen atoms in total. The van der Waals surface area contributed by atoms with Crippen LogP contribution in [0.15, 0.2) is 30.3 Å². The molecule has 1 aromatic heterocycles. The van der Waals surface area contributed by atoms with Crippen LogP contribution in [0.5, 0.6) is 0 Å². The molecule has 2 aromatic rings. The summed E-state index contributed by atoms with van der Waals surface area (Å²) in [5, 5.41) is 5.00. The van der Waals surface area contributed by atoms with Crippen molar-refractivity contribution in [2.45, 2.75) is 58.3 Å². The van der Waals surface area contributed by atoms with Gasteiger partial charge in [0, 0.05) is 36.4 Å². The highest BCUT2D eigenvalue weighted by atomic mass is 16.1. The van der Waals surface area contributed by atoms with Crippen molar-refractivity contribution in [2.24, 2.45) is 18.4 Å². The molecule has 0 radical (unpaired) electrons. The van der Waals surface area contributed by atoms with E-state index >= 15 is 0 Å².